The first-order chi connectivity index (χ1) is 34.7. The first kappa shape index (κ1) is 39.2. The van der Waals surface area contributed by atoms with E-state index in [1.165, 1.54) is 93.2 Å². The fraction of sp³-hybridized carbons (Fsp3) is 0.0769. The second kappa shape index (κ2) is 15.4. The van der Waals surface area contributed by atoms with Gasteiger partial charge < -0.3 is 14.5 Å². The highest BCUT2D eigenvalue weighted by molar-refractivity contribution is 6.21. The fourth-order valence-corrected chi connectivity index (χ4v) is 12.1. The van der Waals surface area contributed by atoms with Gasteiger partial charge in [-0.2, -0.15) is 0 Å². The average Bonchev–Trinajstić information content (AvgIpc) is 3.94. The molecule has 0 spiro atoms. The zero-order chi connectivity index (χ0) is 45.9. The number of hydrogen-bond donors (Lipinski definition) is 1. The quantitative estimate of drug-likeness (QED) is 0.184. The molecule has 0 saturated carbocycles. The van der Waals surface area contributed by atoms with Gasteiger partial charge in [-0.25, -0.2) is 9.98 Å². The molecule has 15 rings (SSSR count). The molecule has 2 aromatic heterocycles. The molecule has 2 aliphatic carbocycles. The Hall–Kier alpha value is -8.80. The predicted octanol–water partition coefficient (Wildman–Crippen LogP) is 15.6. The van der Waals surface area contributed by atoms with E-state index in [1.54, 1.807) is 0 Å². The molecule has 5 nitrogen and oxygen atoms in total. The van der Waals surface area contributed by atoms with Crippen molar-refractivity contribution in [1.29, 1.82) is 0 Å². The topological polar surface area (TPSA) is 46.6 Å². The van der Waals surface area contributed by atoms with E-state index in [-0.39, 0.29) is 12.1 Å². The summed E-state index contributed by atoms with van der Waals surface area (Å²) in [6.07, 6.45) is 7.13. The van der Waals surface area contributed by atoms with Crippen molar-refractivity contribution < 1.29 is 0 Å². The molecule has 330 valence electrons. The number of para-hydroxylation sites is 1. The Balaban J connectivity index is 0.940. The molecule has 0 amide bonds. The number of nitrogens with zero attached hydrogens (tertiary/aromatic N) is 4. The Bertz CT molecular complexity index is 4260. The smallest absolute Gasteiger partial charge is 0.161 e. The summed E-state index contributed by atoms with van der Waals surface area (Å²) in [6.45, 7) is 0. The highest BCUT2D eigenvalue weighted by atomic mass is 15.2. The van der Waals surface area contributed by atoms with Crippen molar-refractivity contribution in [2.24, 2.45) is 9.98 Å². The number of rotatable bonds is 5. The number of aliphatic imine (C=N–C) groups is 2. The molecule has 1 N–H and O–H groups in total. The highest BCUT2D eigenvalue weighted by Gasteiger charge is 2.33. The van der Waals surface area contributed by atoms with Crippen LogP contribution in [0.2, 0.25) is 0 Å². The molecule has 2 atom stereocenters. The molecule has 70 heavy (non-hydrogen) atoms. The summed E-state index contributed by atoms with van der Waals surface area (Å²) in [5, 5.41) is 15.0. The molecular formula is C65H45N5. The van der Waals surface area contributed by atoms with Crippen molar-refractivity contribution in [2.45, 2.75) is 31.3 Å². The van der Waals surface area contributed by atoms with Crippen LogP contribution >= 0.6 is 0 Å². The van der Waals surface area contributed by atoms with Gasteiger partial charge in [0, 0.05) is 44.6 Å². The van der Waals surface area contributed by atoms with E-state index in [0.29, 0.717) is 0 Å². The lowest BCUT2D eigenvalue weighted by Crippen LogP contribution is -2.38. The Morgan fingerprint density at radius 2 is 1.23 bits per heavy atom. The van der Waals surface area contributed by atoms with Crippen LogP contribution < -0.4 is 5.32 Å². The van der Waals surface area contributed by atoms with E-state index in [1.807, 2.05) is 0 Å². The van der Waals surface area contributed by atoms with Gasteiger partial charge in [0.1, 0.15) is 12.0 Å². The lowest BCUT2D eigenvalue weighted by atomic mass is 9.78. The summed E-state index contributed by atoms with van der Waals surface area (Å²) in [5.74, 6) is 1.71. The van der Waals surface area contributed by atoms with Crippen LogP contribution in [0.5, 0.6) is 0 Å². The number of amidine groups is 2. The van der Waals surface area contributed by atoms with Crippen LogP contribution in [0.1, 0.15) is 52.0 Å². The molecule has 1 aliphatic heterocycles. The first-order valence-corrected chi connectivity index (χ1v) is 24.6. The van der Waals surface area contributed by atoms with Crippen LogP contribution in [0.3, 0.4) is 0 Å². The Labute approximate surface area is 405 Å². The van der Waals surface area contributed by atoms with Crippen LogP contribution in [0.25, 0.3) is 93.6 Å². The van der Waals surface area contributed by atoms with E-state index in [2.05, 4.69) is 233 Å². The molecule has 0 bridgehead atoms. The van der Waals surface area contributed by atoms with Crippen molar-refractivity contribution >= 4 is 82.8 Å². The average molecular weight is 896 g/mol. The molecule has 3 aliphatic rings. The van der Waals surface area contributed by atoms with Crippen molar-refractivity contribution in [3.8, 4) is 22.5 Å². The molecule has 5 heteroatoms. The third kappa shape index (κ3) is 5.97. The monoisotopic (exact) mass is 895 g/mol. The largest absolute Gasteiger partial charge is 0.348 e. The maximum absolute atomic E-state index is 5.66. The minimum Gasteiger partial charge on any atom is -0.348 e. The molecule has 0 saturated heterocycles. The lowest BCUT2D eigenvalue weighted by molar-refractivity contribution is 0.646. The Kier molecular flexibility index (Phi) is 8.61. The van der Waals surface area contributed by atoms with E-state index in [4.69, 9.17) is 9.98 Å². The van der Waals surface area contributed by atoms with Gasteiger partial charge in [-0.3, -0.25) is 0 Å². The van der Waals surface area contributed by atoms with Gasteiger partial charge in [-0.1, -0.05) is 170 Å². The van der Waals surface area contributed by atoms with Crippen molar-refractivity contribution in [2.75, 3.05) is 0 Å². The van der Waals surface area contributed by atoms with Gasteiger partial charge in [0.05, 0.1) is 22.2 Å². The van der Waals surface area contributed by atoms with E-state index >= 15 is 0 Å². The second-order valence-electron chi connectivity index (χ2n) is 19.2. The van der Waals surface area contributed by atoms with E-state index in [9.17, 15) is 0 Å². The predicted molar refractivity (Wildman–Crippen MR) is 292 cm³/mol. The summed E-state index contributed by atoms with van der Waals surface area (Å²) in [6, 6.07) is 75.8. The molecule has 0 fully saturated rings. The minimum absolute atomic E-state index is 0.0233. The summed E-state index contributed by atoms with van der Waals surface area (Å²) < 4.78 is 5.00. The summed E-state index contributed by atoms with van der Waals surface area (Å²) in [4.78, 5) is 11.2. The fourth-order valence-electron chi connectivity index (χ4n) is 12.1. The highest BCUT2D eigenvalue weighted by Crippen LogP contribution is 2.44. The van der Waals surface area contributed by atoms with E-state index in [0.717, 1.165) is 58.8 Å². The minimum atomic E-state index is -0.322. The molecule has 10 aromatic carbocycles. The van der Waals surface area contributed by atoms with Crippen LogP contribution in [-0.4, -0.2) is 20.8 Å². The molecule has 3 heterocycles. The van der Waals surface area contributed by atoms with Crippen molar-refractivity contribution in [1.82, 2.24) is 14.5 Å². The first-order valence-electron chi connectivity index (χ1n) is 24.6. The number of benzene rings is 10. The van der Waals surface area contributed by atoms with E-state index < -0.39 is 0 Å². The standard InChI is InChI=1S/C65H45N5/c1-2-17-41(18-3-1)63-66-64(55-36-45-21-7-8-22-48(45)50-24-10-11-25-51(50)55)68-65(67-63)56-35-42-19-4-5-20-43(42)38-61(56)70-57-28-14-12-26-52(57)54-37-46-34-47(32-30-44(46)39-60(54)70)69-58-29-15-13-27-53(58)62-49-23-9-6-16-40(49)31-33-59(62)69/h1-13,15-27,29-35,37-39,55,63H,14,28,36H2,(H,66,67,68). The SMILES string of the molecule is C1=Cc2c(n(-c3cc4ccccc4cc3C3=NC(c4ccccc4)NC(C4Cc5ccccc5-c5ccccc54)=N3)c3cc4ccc(-n5c6ccccc6c6c7ccccc7ccc65)cc4cc23)CC1. The number of allylic oxidation sites excluding steroid dienone is 1. The van der Waals surface area contributed by atoms with Crippen LogP contribution in [0.4, 0.5) is 0 Å². The Morgan fingerprint density at radius 1 is 0.500 bits per heavy atom. The van der Waals surface area contributed by atoms with Gasteiger partial charge >= 0.3 is 0 Å². The van der Waals surface area contributed by atoms with Gasteiger partial charge in [-0.05, 0) is 128 Å². The van der Waals surface area contributed by atoms with Gasteiger partial charge in [0.15, 0.2) is 5.84 Å². The van der Waals surface area contributed by atoms with Crippen LogP contribution in [-0.2, 0) is 12.8 Å². The molecule has 2 unspecified atom stereocenters. The molecular weight excluding hydrogens is 851 g/mol. The molecule has 0 radical (unpaired) electrons. The number of aromatic nitrogens is 2. The maximum Gasteiger partial charge on any atom is 0.161 e. The van der Waals surface area contributed by atoms with Gasteiger partial charge in [0.25, 0.3) is 0 Å². The summed E-state index contributed by atoms with van der Waals surface area (Å²) in [5.41, 5.74) is 15.8. The van der Waals surface area contributed by atoms with Crippen molar-refractivity contribution in [3.05, 3.63) is 246 Å². The third-order valence-electron chi connectivity index (χ3n) is 15.3. The van der Waals surface area contributed by atoms with Crippen molar-refractivity contribution in [3.63, 3.8) is 0 Å². The number of hydrogen-bond acceptors (Lipinski definition) is 3. The summed E-state index contributed by atoms with van der Waals surface area (Å²) >= 11 is 0. The zero-order valence-electron chi connectivity index (χ0n) is 38.3. The zero-order valence-corrected chi connectivity index (χ0v) is 38.3. The van der Waals surface area contributed by atoms with Gasteiger partial charge in [-0.15, -0.1) is 0 Å². The van der Waals surface area contributed by atoms with Crippen LogP contribution in [0.15, 0.2) is 222 Å². The maximum atomic E-state index is 5.66. The lowest BCUT2D eigenvalue weighted by Gasteiger charge is -2.33. The Morgan fingerprint density at radius 3 is 2.13 bits per heavy atom. The number of fused-ring (bicyclic) bond motifs is 13. The van der Waals surface area contributed by atoms with Gasteiger partial charge in [0.2, 0.25) is 0 Å². The van der Waals surface area contributed by atoms with Crippen LogP contribution in [0, 0.1) is 0 Å². The molecule has 12 aromatic rings. The summed E-state index contributed by atoms with van der Waals surface area (Å²) in [7, 11) is 0. The normalized spacial score (nSPS) is 16.3. The second-order valence-corrected chi connectivity index (χ2v) is 19.2. The number of nitrogens with one attached hydrogen (secondary N) is 1. The third-order valence-corrected chi connectivity index (χ3v) is 15.3.